The normalized spacial score (nSPS) is 11.6. The van der Waals surface area contributed by atoms with E-state index < -0.39 is 9.84 Å². The predicted molar refractivity (Wildman–Crippen MR) is 114 cm³/mol. The summed E-state index contributed by atoms with van der Waals surface area (Å²) >= 11 is 7.42. The smallest absolute Gasteiger partial charge is 0.265 e. The zero-order valence-corrected chi connectivity index (χ0v) is 18.0. The molecule has 0 unspecified atom stereocenters. The molecule has 0 radical (unpaired) electrons. The van der Waals surface area contributed by atoms with Gasteiger partial charge in [0.05, 0.1) is 15.5 Å². The Bertz CT molecular complexity index is 1120. The number of sulfone groups is 1. The van der Waals surface area contributed by atoms with Crippen LogP contribution in [0.4, 0.5) is 5.69 Å². The molecule has 1 amide bonds. The van der Waals surface area contributed by atoms with Gasteiger partial charge in [0.2, 0.25) is 0 Å². The van der Waals surface area contributed by atoms with Crippen LogP contribution >= 0.6 is 22.9 Å². The van der Waals surface area contributed by atoms with Gasteiger partial charge < -0.3 is 5.32 Å². The van der Waals surface area contributed by atoms with E-state index in [4.69, 9.17) is 11.6 Å². The number of anilines is 1. The number of thiophene rings is 1. The SMILES string of the molecule is CC(C)c1sc(C(=O)Nc2cc(Cl)cc(S(C)(=O)=O)c2)cc1-c1ccccn1. The first kappa shape index (κ1) is 20.5. The van der Waals surface area contributed by atoms with Crippen molar-refractivity contribution in [3.63, 3.8) is 0 Å². The molecule has 0 spiro atoms. The van der Waals surface area contributed by atoms with Crippen LogP contribution in [0.2, 0.25) is 5.02 Å². The number of nitrogens with one attached hydrogen (secondary N) is 1. The molecule has 2 heterocycles. The lowest BCUT2D eigenvalue weighted by Crippen LogP contribution is -2.11. The molecule has 28 heavy (non-hydrogen) atoms. The van der Waals surface area contributed by atoms with Gasteiger partial charge in [-0.3, -0.25) is 9.78 Å². The summed E-state index contributed by atoms with van der Waals surface area (Å²) in [6.07, 6.45) is 2.81. The van der Waals surface area contributed by atoms with E-state index >= 15 is 0 Å². The third-order valence-electron chi connectivity index (χ3n) is 4.01. The molecule has 0 aliphatic heterocycles. The Morgan fingerprint density at radius 2 is 1.93 bits per heavy atom. The molecule has 146 valence electrons. The maximum absolute atomic E-state index is 12.8. The van der Waals surface area contributed by atoms with Crippen LogP contribution in [-0.4, -0.2) is 25.6 Å². The van der Waals surface area contributed by atoms with Crippen molar-refractivity contribution < 1.29 is 13.2 Å². The summed E-state index contributed by atoms with van der Waals surface area (Å²) in [7, 11) is -3.44. The van der Waals surface area contributed by atoms with Gasteiger partial charge in [0.1, 0.15) is 0 Å². The minimum absolute atomic E-state index is 0.0542. The average molecular weight is 435 g/mol. The van der Waals surface area contributed by atoms with E-state index in [-0.39, 0.29) is 21.7 Å². The molecular formula is C20H19ClN2O3S2. The summed E-state index contributed by atoms with van der Waals surface area (Å²) < 4.78 is 23.6. The number of rotatable bonds is 5. The molecule has 0 bridgehead atoms. The molecule has 1 N–H and O–H groups in total. The summed E-state index contributed by atoms with van der Waals surface area (Å²) in [5.74, 6) is -0.0950. The number of amides is 1. The quantitative estimate of drug-likeness (QED) is 0.595. The fourth-order valence-corrected chi connectivity index (χ4v) is 4.76. The number of pyridine rings is 1. The van der Waals surface area contributed by atoms with Gasteiger partial charge in [-0.1, -0.05) is 31.5 Å². The van der Waals surface area contributed by atoms with Crippen molar-refractivity contribution >= 4 is 44.4 Å². The Morgan fingerprint density at radius 3 is 2.54 bits per heavy atom. The van der Waals surface area contributed by atoms with Crippen molar-refractivity contribution in [2.24, 2.45) is 0 Å². The van der Waals surface area contributed by atoms with E-state index in [0.717, 1.165) is 22.4 Å². The number of benzene rings is 1. The molecular weight excluding hydrogens is 416 g/mol. The van der Waals surface area contributed by atoms with E-state index in [1.165, 1.54) is 29.5 Å². The molecule has 0 fully saturated rings. The highest BCUT2D eigenvalue weighted by molar-refractivity contribution is 7.90. The molecule has 8 heteroatoms. The third-order valence-corrected chi connectivity index (χ3v) is 6.75. The summed E-state index contributed by atoms with van der Waals surface area (Å²) in [5.41, 5.74) is 2.06. The Kier molecular flexibility index (Phi) is 5.88. The molecule has 0 atom stereocenters. The minimum atomic E-state index is -3.44. The average Bonchev–Trinajstić information content (AvgIpc) is 3.07. The summed E-state index contributed by atoms with van der Waals surface area (Å²) in [4.78, 5) is 18.8. The number of aromatic nitrogens is 1. The van der Waals surface area contributed by atoms with Gasteiger partial charge in [-0.2, -0.15) is 0 Å². The van der Waals surface area contributed by atoms with Crippen molar-refractivity contribution in [2.45, 2.75) is 24.7 Å². The number of halogens is 1. The highest BCUT2D eigenvalue weighted by atomic mass is 35.5. The first-order valence-electron chi connectivity index (χ1n) is 8.52. The maximum atomic E-state index is 12.8. The number of carbonyl (C=O) groups is 1. The lowest BCUT2D eigenvalue weighted by Gasteiger charge is -2.07. The second-order valence-electron chi connectivity index (χ2n) is 6.66. The second kappa shape index (κ2) is 8.03. The summed E-state index contributed by atoms with van der Waals surface area (Å²) in [6, 6.07) is 11.7. The van der Waals surface area contributed by atoms with Crippen molar-refractivity contribution in [3.05, 3.63) is 63.4 Å². The Hall–Kier alpha value is -2.22. The van der Waals surface area contributed by atoms with E-state index in [1.807, 2.05) is 24.3 Å². The van der Waals surface area contributed by atoms with Crippen LogP contribution in [-0.2, 0) is 9.84 Å². The summed E-state index contributed by atoms with van der Waals surface area (Å²) in [6.45, 7) is 4.13. The van der Waals surface area contributed by atoms with Crippen molar-refractivity contribution in [2.75, 3.05) is 11.6 Å². The van der Waals surface area contributed by atoms with Crippen LogP contribution in [0.1, 0.15) is 34.3 Å². The topological polar surface area (TPSA) is 76.1 Å². The van der Waals surface area contributed by atoms with E-state index in [9.17, 15) is 13.2 Å². The molecule has 3 aromatic rings. The molecule has 0 aliphatic rings. The number of carbonyl (C=O) groups excluding carboxylic acids is 1. The van der Waals surface area contributed by atoms with Gasteiger partial charge in [0.25, 0.3) is 5.91 Å². The van der Waals surface area contributed by atoms with Gasteiger partial charge >= 0.3 is 0 Å². The Labute approximate surface area is 173 Å². The third kappa shape index (κ3) is 4.60. The lowest BCUT2D eigenvalue weighted by atomic mass is 10.0. The summed E-state index contributed by atoms with van der Waals surface area (Å²) in [5, 5.41) is 2.98. The van der Waals surface area contributed by atoms with Gasteiger partial charge in [-0.25, -0.2) is 8.42 Å². The fraction of sp³-hybridized carbons (Fsp3) is 0.200. The van der Waals surface area contributed by atoms with Crippen molar-refractivity contribution in [1.29, 1.82) is 0 Å². The van der Waals surface area contributed by atoms with Gasteiger partial charge in [0, 0.05) is 33.6 Å². The van der Waals surface area contributed by atoms with Crippen molar-refractivity contribution in [3.8, 4) is 11.3 Å². The van der Waals surface area contributed by atoms with Gasteiger partial charge in [0.15, 0.2) is 9.84 Å². The van der Waals surface area contributed by atoms with Crippen LogP contribution < -0.4 is 5.32 Å². The molecule has 3 rings (SSSR count). The van der Waals surface area contributed by atoms with E-state index in [0.29, 0.717) is 10.6 Å². The Morgan fingerprint density at radius 1 is 1.18 bits per heavy atom. The maximum Gasteiger partial charge on any atom is 0.265 e. The van der Waals surface area contributed by atoms with Gasteiger partial charge in [-0.05, 0) is 42.3 Å². The van der Waals surface area contributed by atoms with Crippen LogP contribution in [0, 0.1) is 0 Å². The number of nitrogens with zero attached hydrogens (tertiary/aromatic N) is 1. The number of hydrogen-bond donors (Lipinski definition) is 1. The molecule has 2 aromatic heterocycles. The van der Waals surface area contributed by atoms with Crippen LogP contribution in [0.3, 0.4) is 0 Å². The minimum Gasteiger partial charge on any atom is -0.321 e. The van der Waals surface area contributed by atoms with Crippen molar-refractivity contribution in [1.82, 2.24) is 4.98 Å². The first-order chi connectivity index (χ1) is 13.1. The highest BCUT2D eigenvalue weighted by Crippen LogP contribution is 2.36. The fourth-order valence-electron chi connectivity index (χ4n) is 2.71. The highest BCUT2D eigenvalue weighted by Gasteiger charge is 2.19. The van der Waals surface area contributed by atoms with E-state index in [2.05, 4.69) is 24.1 Å². The molecule has 0 saturated heterocycles. The van der Waals surface area contributed by atoms with Crippen LogP contribution in [0.5, 0.6) is 0 Å². The largest absolute Gasteiger partial charge is 0.321 e. The van der Waals surface area contributed by atoms with Gasteiger partial charge in [-0.15, -0.1) is 11.3 Å². The van der Waals surface area contributed by atoms with Crippen LogP contribution in [0.15, 0.2) is 53.6 Å². The zero-order chi connectivity index (χ0) is 20.5. The molecule has 1 aromatic carbocycles. The number of hydrogen-bond acceptors (Lipinski definition) is 5. The first-order valence-corrected chi connectivity index (χ1v) is 11.6. The second-order valence-corrected chi connectivity index (χ2v) is 10.2. The molecule has 5 nitrogen and oxygen atoms in total. The monoisotopic (exact) mass is 434 g/mol. The molecule has 0 aliphatic carbocycles. The predicted octanol–water partition coefficient (Wildman–Crippen LogP) is 5.24. The zero-order valence-electron chi connectivity index (χ0n) is 15.6. The van der Waals surface area contributed by atoms with E-state index in [1.54, 1.807) is 6.20 Å². The molecule has 0 saturated carbocycles. The standard InChI is InChI=1S/C20H19ClN2O3S2/c1-12(2)19-16(17-6-4-5-7-22-17)11-18(27-19)20(24)23-14-8-13(21)9-15(10-14)28(3,25)26/h4-12H,1-3H3,(H,23,24). The van der Waals surface area contributed by atoms with Crippen LogP contribution in [0.25, 0.3) is 11.3 Å². The Balaban J connectivity index is 1.95. The lowest BCUT2D eigenvalue weighted by molar-refractivity contribution is 0.103.